The van der Waals surface area contributed by atoms with Crippen LogP contribution in [0, 0.1) is 10.1 Å². The molecule has 9 heteroatoms. The summed E-state index contributed by atoms with van der Waals surface area (Å²) in [6, 6.07) is 5.28. The van der Waals surface area contributed by atoms with Gasteiger partial charge in [-0.3, -0.25) is 24.5 Å². The lowest BCUT2D eigenvalue weighted by atomic mass is 10.1. The maximum atomic E-state index is 12.6. The van der Waals surface area contributed by atoms with Crippen LogP contribution in [-0.2, 0) is 14.3 Å². The van der Waals surface area contributed by atoms with Crippen molar-refractivity contribution in [3.63, 3.8) is 0 Å². The molecule has 142 valence electrons. The predicted molar refractivity (Wildman–Crippen MR) is 93.6 cm³/mol. The first-order chi connectivity index (χ1) is 12.3. The molecule has 0 heterocycles. The van der Waals surface area contributed by atoms with Crippen molar-refractivity contribution in [3.8, 4) is 0 Å². The molecule has 9 nitrogen and oxygen atoms in total. The molecule has 1 aromatic carbocycles. The Labute approximate surface area is 151 Å². The Morgan fingerprint density at radius 1 is 1.19 bits per heavy atom. The lowest BCUT2D eigenvalue weighted by Crippen LogP contribution is -2.36. The molecule has 26 heavy (non-hydrogen) atoms. The molecule has 0 aliphatic rings. The van der Waals surface area contributed by atoms with E-state index in [0.717, 1.165) is 0 Å². The van der Waals surface area contributed by atoms with E-state index < -0.39 is 10.9 Å². The van der Waals surface area contributed by atoms with Crippen LogP contribution in [0.4, 0.5) is 5.69 Å². The van der Waals surface area contributed by atoms with Crippen molar-refractivity contribution in [1.82, 2.24) is 10.2 Å². The fourth-order valence-corrected chi connectivity index (χ4v) is 2.22. The third kappa shape index (κ3) is 7.29. The number of non-ortho nitro benzene ring substituents is 1. The number of ether oxygens (including phenoxy) is 1. The van der Waals surface area contributed by atoms with Crippen molar-refractivity contribution >= 4 is 23.5 Å². The highest BCUT2D eigenvalue weighted by molar-refractivity contribution is 5.94. The van der Waals surface area contributed by atoms with Gasteiger partial charge in [-0.1, -0.05) is 0 Å². The molecule has 0 aromatic heterocycles. The Hall–Kier alpha value is -2.97. The number of benzene rings is 1. The molecule has 1 aromatic rings. The fraction of sp³-hybridized carbons (Fsp3) is 0.471. The summed E-state index contributed by atoms with van der Waals surface area (Å²) in [5.74, 6) is -0.910. The van der Waals surface area contributed by atoms with E-state index in [1.807, 2.05) is 0 Å². The number of amides is 2. The van der Waals surface area contributed by atoms with Crippen molar-refractivity contribution in [2.24, 2.45) is 0 Å². The fourth-order valence-electron chi connectivity index (χ4n) is 2.22. The van der Waals surface area contributed by atoms with E-state index in [1.165, 1.54) is 36.1 Å². The van der Waals surface area contributed by atoms with Crippen LogP contribution in [0.25, 0.3) is 0 Å². The van der Waals surface area contributed by atoms with Crippen LogP contribution in [0.3, 0.4) is 0 Å². The maximum Gasteiger partial charge on any atom is 0.307 e. The Balaban J connectivity index is 2.76. The molecule has 1 N–H and O–H groups in total. The van der Waals surface area contributed by atoms with Crippen molar-refractivity contribution in [3.05, 3.63) is 39.9 Å². The van der Waals surface area contributed by atoms with Gasteiger partial charge in [-0.15, -0.1) is 0 Å². The predicted octanol–water partition coefficient (Wildman–Crippen LogP) is 1.52. The Morgan fingerprint density at radius 2 is 1.85 bits per heavy atom. The van der Waals surface area contributed by atoms with E-state index in [9.17, 15) is 24.5 Å². The third-order valence-corrected chi connectivity index (χ3v) is 3.48. The first-order valence-electron chi connectivity index (χ1n) is 8.29. The van der Waals surface area contributed by atoms with Gasteiger partial charge in [0.1, 0.15) is 0 Å². The molecule has 0 atom stereocenters. The van der Waals surface area contributed by atoms with E-state index in [4.69, 9.17) is 4.74 Å². The minimum absolute atomic E-state index is 0.0483. The molecule has 0 saturated carbocycles. The van der Waals surface area contributed by atoms with Gasteiger partial charge in [0.25, 0.3) is 11.6 Å². The van der Waals surface area contributed by atoms with Gasteiger partial charge in [-0.2, -0.15) is 0 Å². The number of nitro groups is 1. The topological polar surface area (TPSA) is 119 Å². The second-order valence-corrected chi connectivity index (χ2v) is 5.49. The van der Waals surface area contributed by atoms with E-state index in [0.29, 0.717) is 25.1 Å². The van der Waals surface area contributed by atoms with Gasteiger partial charge in [-0.25, -0.2) is 0 Å². The zero-order chi connectivity index (χ0) is 19.5. The first kappa shape index (κ1) is 21.1. The average Bonchev–Trinajstić information content (AvgIpc) is 2.60. The molecule has 0 saturated heterocycles. The normalized spacial score (nSPS) is 10.1. The summed E-state index contributed by atoms with van der Waals surface area (Å²) in [5, 5.41) is 13.3. The molecule has 0 aliphatic heterocycles. The molecule has 2 amide bonds. The van der Waals surface area contributed by atoms with E-state index in [1.54, 1.807) is 6.92 Å². The highest BCUT2D eigenvalue weighted by Crippen LogP contribution is 2.14. The summed E-state index contributed by atoms with van der Waals surface area (Å²) in [7, 11) is 0. The van der Waals surface area contributed by atoms with Crippen LogP contribution in [0.2, 0.25) is 0 Å². The van der Waals surface area contributed by atoms with Crippen LogP contribution in [0.1, 0.15) is 37.0 Å². The van der Waals surface area contributed by atoms with Gasteiger partial charge in [0.2, 0.25) is 5.91 Å². The monoisotopic (exact) mass is 365 g/mol. The zero-order valence-electron chi connectivity index (χ0n) is 14.9. The molecular weight excluding hydrogens is 342 g/mol. The Bertz CT molecular complexity index is 644. The summed E-state index contributed by atoms with van der Waals surface area (Å²) < 4.78 is 4.87. The lowest BCUT2D eigenvalue weighted by Gasteiger charge is -2.22. The van der Waals surface area contributed by atoms with Crippen molar-refractivity contribution in [1.29, 1.82) is 0 Å². The zero-order valence-corrected chi connectivity index (χ0v) is 14.9. The van der Waals surface area contributed by atoms with Crippen LogP contribution in [0.15, 0.2) is 24.3 Å². The number of hydrogen-bond donors (Lipinski definition) is 1. The summed E-state index contributed by atoms with van der Waals surface area (Å²) in [6.45, 7) is 4.26. The van der Waals surface area contributed by atoms with Crippen LogP contribution in [-0.4, -0.2) is 53.8 Å². The SMILES string of the molecule is CCOC(=O)CCN(CCCNC(C)=O)C(=O)c1ccc([N+](=O)[O-])cc1. The number of rotatable bonds is 10. The van der Waals surface area contributed by atoms with Crippen molar-refractivity contribution in [2.45, 2.75) is 26.7 Å². The Morgan fingerprint density at radius 3 is 2.38 bits per heavy atom. The number of nitrogens with one attached hydrogen (secondary N) is 1. The molecule has 0 radical (unpaired) electrons. The largest absolute Gasteiger partial charge is 0.466 e. The summed E-state index contributed by atoms with van der Waals surface area (Å²) in [5.41, 5.74) is 0.185. The number of hydrogen-bond acceptors (Lipinski definition) is 6. The summed E-state index contributed by atoms with van der Waals surface area (Å²) >= 11 is 0. The lowest BCUT2D eigenvalue weighted by molar-refractivity contribution is -0.384. The van der Waals surface area contributed by atoms with Gasteiger partial charge >= 0.3 is 5.97 Å². The van der Waals surface area contributed by atoms with Gasteiger partial charge in [0.15, 0.2) is 0 Å². The van der Waals surface area contributed by atoms with Crippen LogP contribution < -0.4 is 5.32 Å². The molecule has 1 rings (SSSR count). The third-order valence-electron chi connectivity index (χ3n) is 3.48. The van der Waals surface area contributed by atoms with Gasteiger partial charge in [-0.05, 0) is 25.5 Å². The molecule has 0 bridgehead atoms. The van der Waals surface area contributed by atoms with Crippen molar-refractivity contribution in [2.75, 3.05) is 26.2 Å². The summed E-state index contributed by atoms with van der Waals surface area (Å²) in [6.07, 6.45) is 0.563. The molecule has 0 unspecified atom stereocenters. The van der Waals surface area contributed by atoms with Gasteiger partial charge in [0.05, 0.1) is 18.0 Å². The minimum atomic E-state index is -0.541. The Kier molecular flexibility index (Phi) is 8.76. The quantitative estimate of drug-likeness (QED) is 0.291. The van der Waals surface area contributed by atoms with Gasteiger partial charge in [0, 0.05) is 44.3 Å². The second kappa shape index (κ2) is 10.8. The average molecular weight is 365 g/mol. The van der Waals surface area contributed by atoms with Gasteiger partial charge < -0.3 is 15.0 Å². The molecular formula is C17H23N3O6. The van der Waals surface area contributed by atoms with Crippen LogP contribution in [0.5, 0.6) is 0 Å². The molecule has 0 aliphatic carbocycles. The smallest absolute Gasteiger partial charge is 0.307 e. The number of nitrogens with zero attached hydrogens (tertiary/aromatic N) is 2. The number of carbonyl (C=O) groups is 3. The highest BCUT2D eigenvalue weighted by atomic mass is 16.6. The standard InChI is InChI=1S/C17H23N3O6/c1-3-26-16(22)9-12-19(11-4-10-18-13(2)21)17(23)14-5-7-15(8-6-14)20(24)25/h5-8H,3-4,9-12H2,1-2H3,(H,18,21). The van der Waals surface area contributed by atoms with E-state index >= 15 is 0 Å². The molecule has 0 spiro atoms. The number of carbonyl (C=O) groups excluding carboxylic acids is 3. The second-order valence-electron chi connectivity index (χ2n) is 5.49. The first-order valence-corrected chi connectivity index (χ1v) is 8.29. The number of esters is 1. The minimum Gasteiger partial charge on any atom is -0.466 e. The molecule has 0 fully saturated rings. The van der Waals surface area contributed by atoms with Crippen molar-refractivity contribution < 1.29 is 24.0 Å². The highest BCUT2D eigenvalue weighted by Gasteiger charge is 2.18. The number of nitro benzene ring substituents is 1. The summed E-state index contributed by atoms with van der Waals surface area (Å²) in [4.78, 5) is 46.7. The van der Waals surface area contributed by atoms with E-state index in [2.05, 4.69) is 5.32 Å². The van der Waals surface area contributed by atoms with E-state index in [-0.39, 0.29) is 37.1 Å². The van der Waals surface area contributed by atoms with Crippen LogP contribution >= 0.6 is 0 Å². The maximum absolute atomic E-state index is 12.6.